The van der Waals surface area contributed by atoms with Crippen LogP contribution >= 0.6 is 11.8 Å². The largest absolute Gasteiger partial charge is 0.325 e. The molecule has 0 aliphatic heterocycles. The van der Waals surface area contributed by atoms with E-state index in [0.717, 1.165) is 0 Å². The van der Waals surface area contributed by atoms with E-state index in [0.29, 0.717) is 28.8 Å². The number of nitrogens with zero attached hydrogens (tertiary/aromatic N) is 4. The molecular weight excluding hydrogens is 397 g/mol. The fraction of sp³-hybridized carbons (Fsp3) is 0.105. The molecule has 1 aromatic heterocycles. The maximum atomic E-state index is 12.9. The van der Waals surface area contributed by atoms with Gasteiger partial charge in [0.05, 0.1) is 10.7 Å². The number of nitrogens with one attached hydrogen (secondary N) is 1. The van der Waals surface area contributed by atoms with Gasteiger partial charge in [-0.25, -0.2) is 4.39 Å². The Bertz CT molecular complexity index is 1040. The number of rotatable bonds is 8. The van der Waals surface area contributed by atoms with E-state index < -0.39 is 4.92 Å². The average Bonchev–Trinajstić information content (AvgIpc) is 3.11. The number of benzene rings is 2. The van der Waals surface area contributed by atoms with Crippen molar-refractivity contribution >= 4 is 29.0 Å². The molecular formula is C19H16FN5O3S. The molecule has 0 radical (unpaired) electrons. The summed E-state index contributed by atoms with van der Waals surface area (Å²) in [6.07, 6.45) is 1.67. The van der Waals surface area contributed by atoms with Crippen molar-refractivity contribution in [2.24, 2.45) is 0 Å². The van der Waals surface area contributed by atoms with Gasteiger partial charge < -0.3 is 5.32 Å². The van der Waals surface area contributed by atoms with Gasteiger partial charge in [-0.2, -0.15) is 0 Å². The first kappa shape index (κ1) is 20.2. The number of allylic oxidation sites excluding steroid dienone is 1. The number of hydrogen-bond acceptors (Lipinski definition) is 6. The maximum absolute atomic E-state index is 12.9. The maximum Gasteiger partial charge on any atom is 0.269 e. The van der Waals surface area contributed by atoms with Crippen molar-refractivity contribution < 1.29 is 14.1 Å². The lowest BCUT2D eigenvalue weighted by Crippen LogP contribution is -2.14. The molecule has 0 atom stereocenters. The highest BCUT2D eigenvalue weighted by Gasteiger charge is 2.16. The summed E-state index contributed by atoms with van der Waals surface area (Å²) in [6, 6.07) is 11.5. The summed E-state index contributed by atoms with van der Waals surface area (Å²) in [7, 11) is 0. The van der Waals surface area contributed by atoms with Crippen LogP contribution in [0.2, 0.25) is 0 Å². The third-order valence-corrected chi connectivity index (χ3v) is 4.79. The highest BCUT2D eigenvalue weighted by Crippen LogP contribution is 2.26. The molecule has 1 amide bonds. The molecule has 0 bridgehead atoms. The van der Waals surface area contributed by atoms with Crippen LogP contribution in [0.5, 0.6) is 0 Å². The van der Waals surface area contributed by atoms with Gasteiger partial charge in [0.1, 0.15) is 5.82 Å². The van der Waals surface area contributed by atoms with Crippen molar-refractivity contribution in [2.45, 2.75) is 11.7 Å². The summed E-state index contributed by atoms with van der Waals surface area (Å²) in [5.74, 6) is -0.0611. The van der Waals surface area contributed by atoms with Gasteiger partial charge in [0, 0.05) is 29.9 Å². The normalized spacial score (nSPS) is 10.5. The zero-order chi connectivity index (χ0) is 20.8. The number of anilines is 1. The molecule has 2 aromatic carbocycles. The van der Waals surface area contributed by atoms with E-state index in [1.165, 1.54) is 48.2 Å². The van der Waals surface area contributed by atoms with E-state index in [1.54, 1.807) is 22.8 Å². The first-order chi connectivity index (χ1) is 14.0. The Morgan fingerprint density at radius 1 is 1.21 bits per heavy atom. The fourth-order valence-electron chi connectivity index (χ4n) is 2.50. The number of halogens is 1. The molecule has 0 fully saturated rings. The second-order valence-electron chi connectivity index (χ2n) is 5.85. The molecule has 0 spiro atoms. The molecule has 8 nitrogen and oxygen atoms in total. The van der Waals surface area contributed by atoms with Gasteiger partial charge in [0.2, 0.25) is 5.91 Å². The number of non-ortho nitro benzene ring substituents is 1. The minimum Gasteiger partial charge on any atom is -0.325 e. The number of carbonyl (C=O) groups excluding carboxylic acids is 1. The Kier molecular flexibility index (Phi) is 6.35. The summed E-state index contributed by atoms with van der Waals surface area (Å²) in [6.45, 7) is 4.13. The Labute approximate surface area is 169 Å². The molecule has 1 heterocycles. The van der Waals surface area contributed by atoms with Crippen LogP contribution in [0.25, 0.3) is 11.4 Å². The number of amides is 1. The molecule has 3 aromatic rings. The number of nitro groups is 1. The Morgan fingerprint density at radius 2 is 1.90 bits per heavy atom. The van der Waals surface area contributed by atoms with Crippen LogP contribution in [-0.4, -0.2) is 31.3 Å². The van der Waals surface area contributed by atoms with E-state index in [-0.39, 0.29) is 23.2 Å². The smallest absolute Gasteiger partial charge is 0.269 e. The van der Waals surface area contributed by atoms with Crippen molar-refractivity contribution in [3.05, 3.63) is 77.1 Å². The lowest BCUT2D eigenvalue weighted by Gasteiger charge is -2.08. The highest BCUT2D eigenvalue weighted by molar-refractivity contribution is 7.99. The summed E-state index contributed by atoms with van der Waals surface area (Å²) < 4.78 is 14.7. The molecule has 0 saturated heterocycles. The molecule has 29 heavy (non-hydrogen) atoms. The first-order valence-corrected chi connectivity index (χ1v) is 9.43. The molecule has 148 valence electrons. The van der Waals surface area contributed by atoms with Gasteiger partial charge in [-0.05, 0) is 36.4 Å². The van der Waals surface area contributed by atoms with Crippen LogP contribution in [0, 0.1) is 15.9 Å². The zero-order valence-electron chi connectivity index (χ0n) is 15.1. The number of hydrogen-bond donors (Lipinski definition) is 1. The number of nitro benzene ring substituents is 1. The Morgan fingerprint density at radius 3 is 2.52 bits per heavy atom. The van der Waals surface area contributed by atoms with Crippen LogP contribution in [0.1, 0.15) is 0 Å². The van der Waals surface area contributed by atoms with Gasteiger partial charge in [-0.15, -0.1) is 16.8 Å². The summed E-state index contributed by atoms with van der Waals surface area (Å²) in [5, 5.41) is 22.3. The molecule has 3 rings (SSSR count). The summed E-state index contributed by atoms with van der Waals surface area (Å²) in [4.78, 5) is 22.5. The second kappa shape index (κ2) is 9.11. The van der Waals surface area contributed by atoms with E-state index in [9.17, 15) is 19.3 Å². The predicted molar refractivity (Wildman–Crippen MR) is 108 cm³/mol. The first-order valence-electron chi connectivity index (χ1n) is 8.45. The van der Waals surface area contributed by atoms with Crippen molar-refractivity contribution in [1.82, 2.24) is 14.8 Å². The molecule has 1 N–H and O–H groups in total. The molecule has 0 aliphatic rings. The van der Waals surface area contributed by atoms with E-state index >= 15 is 0 Å². The van der Waals surface area contributed by atoms with Crippen LogP contribution < -0.4 is 5.32 Å². The lowest BCUT2D eigenvalue weighted by atomic mass is 10.2. The Hall–Kier alpha value is -3.53. The monoisotopic (exact) mass is 413 g/mol. The topological polar surface area (TPSA) is 103 Å². The van der Waals surface area contributed by atoms with Crippen LogP contribution in [-0.2, 0) is 11.3 Å². The van der Waals surface area contributed by atoms with E-state index in [4.69, 9.17) is 0 Å². The van der Waals surface area contributed by atoms with Crippen molar-refractivity contribution in [1.29, 1.82) is 0 Å². The van der Waals surface area contributed by atoms with Crippen molar-refractivity contribution in [3.63, 3.8) is 0 Å². The van der Waals surface area contributed by atoms with Gasteiger partial charge in [0.15, 0.2) is 11.0 Å². The minimum atomic E-state index is -0.473. The summed E-state index contributed by atoms with van der Waals surface area (Å²) in [5.41, 5.74) is 1.14. The van der Waals surface area contributed by atoms with Gasteiger partial charge in [0.25, 0.3) is 5.69 Å². The predicted octanol–water partition coefficient (Wildman–Crippen LogP) is 3.91. The van der Waals surface area contributed by atoms with Crippen LogP contribution in [0.15, 0.2) is 66.3 Å². The number of carbonyl (C=O) groups is 1. The Balaban J connectivity index is 1.72. The van der Waals surface area contributed by atoms with E-state index in [2.05, 4.69) is 22.1 Å². The molecule has 0 saturated carbocycles. The minimum absolute atomic E-state index is 0.0180. The number of aromatic nitrogens is 3. The molecule has 10 heteroatoms. The van der Waals surface area contributed by atoms with Gasteiger partial charge in [-0.3, -0.25) is 19.5 Å². The van der Waals surface area contributed by atoms with Crippen LogP contribution in [0.3, 0.4) is 0 Å². The van der Waals surface area contributed by atoms with E-state index in [1.807, 2.05) is 0 Å². The average molecular weight is 413 g/mol. The number of thioether (sulfide) groups is 1. The van der Waals surface area contributed by atoms with Crippen molar-refractivity contribution in [2.75, 3.05) is 11.1 Å². The quantitative estimate of drug-likeness (QED) is 0.260. The SMILES string of the molecule is C=CCn1c(SCC(=O)Nc2ccc(F)cc2)nnc1-c1ccc([N+](=O)[O-])cc1. The highest BCUT2D eigenvalue weighted by atomic mass is 32.2. The third-order valence-electron chi connectivity index (χ3n) is 3.83. The fourth-order valence-corrected chi connectivity index (χ4v) is 3.24. The van der Waals surface area contributed by atoms with Crippen molar-refractivity contribution in [3.8, 4) is 11.4 Å². The lowest BCUT2D eigenvalue weighted by molar-refractivity contribution is -0.384. The second-order valence-corrected chi connectivity index (χ2v) is 6.80. The molecule has 0 unspecified atom stereocenters. The van der Waals surface area contributed by atoms with Gasteiger partial charge in [-0.1, -0.05) is 17.8 Å². The molecule has 0 aliphatic carbocycles. The zero-order valence-corrected chi connectivity index (χ0v) is 15.9. The standard InChI is InChI=1S/C19H16FN5O3S/c1-2-11-24-18(13-3-9-16(10-4-13)25(27)28)22-23-19(24)29-12-17(26)21-15-7-5-14(20)6-8-15/h2-10H,1,11-12H2,(H,21,26). The van der Waals surface area contributed by atoms with Gasteiger partial charge >= 0.3 is 0 Å². The third kappa shape index (κ3) is 5.05. The summed E-state index contributed by atoms with van der Waals surface area (Å²) >= 11 is 1.19. The van der Waals surface area contributed by atoms with Crippen LogP contribution in [0.4, 0.5) is 15.8 Å².